The number of fused-ring (bicyclic) bond motifs is 2. The molecule has 0 atom stereocenters. The Labute approximate surface area is 325 Å². The summed E-state index contributed by atoms with van der Waals surface area (Å²) in [4.78, 5) is 43.6. The topological polar surface area (TPSA) is 124 Å². The Morgan fingerprint density at radius 3 is 2.41 bits per heavy atom. The number of aromatic nitrogens is 3. The summed E-state index contributed by atoms with van der Waals surface area (Å²) in [5.74, 6) is 2.37. The molecule has 0 radical (unpaired) electrons. The minimum atomic E-state index is -0.450. The highest BCUT2D eigenvalue weighted by molar-refractivity contribution is 5.97. The van der Waals surface area contributed by atoms with Gasteiger partial charge in [0.15, 0.2) is 5.65 Å². The van der Waals surface area contributed by atoms with E-state index in [9.17, 15) is 9.59 Å². The molecule has 0 fully saturated rings. The number of benzene rings is 4. The fourth-order valence-electron chi connectivity index (χ4n) is 6.69. The molecule has 1 N–H and O–H groups in total. The van der Waals surface area contributed by atoms with E-state index in [1.807, 2.05) is 123 Å². The van der Waals surface area contributed by atoms with E-state index in [2.05, 4.69) is 15.2 Å². The molecule has 1 aliphatic rings. The van der Waals surface area contributed by atoms with E-state index >= 15 is 0 Å². The highest BCUT2D eigenvalue weighted by Gasteiger charge is 2.32. The van der Waals surface area contributed by atoms with Crippen LogP contribution >= 0.6 is 0 Å². The molecule has 0 saturated carbocycles. The van der Waals surface area contributed by atoms with Crippen LogP contribution in [0.25, 0.3) is 16.7 Å². The lowest BCUT2D eigenvalue weighted by atomic mass is 10.1. The van der Waals surface area contributed by atoms with Gasteiger partial charge >= 0.3 is 6.09 Å². The van der Waals surface area contributed by atoms with E-state index in [1.165, 1.54) is 0 Å². The van der Waals surface area contributed by atoms with E-state index in [4.69, 9.17) is 23.9 Å². The zero-order valence-corrected chi connectivity index (χ0v) is 32.2. The van der Waals surface area contributed by atoms with Crippen LogP contribution in [0.4, 0.5) is 27.8 Å². The maximum atomic E-state index is 14.9. The molecule has 6 aromatic rings. The zero-order valence-electron chi connectivity index (χ0n) is 32.2. The van der Waals surface area contributed by atoms with Crippen LogP contribution in [0.3, 0.4) is 0 Å². The van der Waals surface area contributed by atoms with Gasteiger partial charge in [0.05, 0.1) is 31.3 Å². The maximum absolute atomic E-state index is 14.9. The lowest BCUT2D eigenvalue weighted by Crippen LogP contribution is -2.44. The molecule has 0 spiro atoms. The Morgan fingerprint density at radius 2 is 1.66 bits per heavy atom. The van der Waals surface area contributed by atoms with Crippen LogP contribution in [-0.4, -0.2) is 80.1 Å². The largest absolute Gasteiger partial charge is 0.497 e. The fourth-order valence-corrected chi connectivity index (χ4v) is 6.69. The molecule has 0 bridgehead atoms. The number of hydrogen-bond acceptors (Lipinski definition) is 11. The van der Waals surface area contributed by atoms with E-state index in [0.717, 1.165) is 23.2 Å². The van der Waals surface area contributed by atoms with Crippen LogP contribution in [0, 0.1) is 6.92 Å². The van der Waals surface area contributed by atoms with Gasteiger partial charge in [-0.05, 0) is 80.7 Å². The number of pyridine rings is 1. The van der Waals surface area contributed by atoms with Crippen LogP contribution < -0.4 is 34.9 Å². The summed E-state index contributed by atoms with van der Waals surface area (Å²) in [6.07, 6.45) is 1.26. The third-order valence-electron chi connectivity index (χ3n) is 9.60. The van der Waals surface area contributed by atoms with Crippen molar-refractivity contribution in [2.24, 2.45) is 0 Å². The number of ether oxygens (including phenoxy) is 4. The third-order valence-corrected chi connectivity index (χ3v) is 9.60. The Morgan fingerprint density at radius 1 is 0.875 bits per heavy atom. The monoisotopic (exact) mass is 755 g/mol. The molecule has 0 saturated heterocycles. The smallest absolute Gasteiger partial charge is 0.414 e. The molecule has 1 amide bonds. The van der Waals surface area contributed by atoms with Crippen molar-refractivity contribution in [1.29, 1.82) is 0 Å². The van der Waals surface area contributed by atoms with Gasteiger partial charge in [0.25, 0.3) is 5.56 Å². The molecule has 3 heterocycles. The maximum Gasteiger partial charge on any atom is 0.414 e. The highest BCUT2D eigenvalue weighted by atomic mass is 16.6. The molecule has 2 aromatic heterocycles. The van der Waals surface area contributed by atoms with Crippen molar-refractivity contribution in [3.63, 3.8) is 0 Å². The number of rotatable bonds is 13. The van der Waals surface area contributed by atoms with Crippen LogP contribution in [0.5, 0.6) is 17.2 Å². The Bertz CT molecular complexity index is 2380. The molecule has 4 aromatic carbocycles. The van der Waals surface area contributed by atoms with Crippen molar-refractivity contribution in [3.05, 3.63) is 130 Å². The average Bonchev–Trinajstić information content (AvgIpc) is 3.22. The second-order valence-corrected chi connectivity index (χ2v) is 13.6. The molecule has 1 aliphatic heterocycles. The molecule has 13 nitrogen and oxygen atoms in total. The van der Waals surface area contributed by atoms with Gasteiger partial charge < -0.3 is 34.1 Å². The summed E-state index contributed by atoms with van der Waals surface area (Å²) in [7, 11) is 7.20. The number of carbonyl (C=O) groups is 1. The first-order valence-electron chi connectivity index (χ1n) is 18.3. The standard InChI is InChI=1S/C43H45N7O6/c1-29-10-9-13-36-39(29)49(43(52)56-28-30-11-7-6-8-12-30)21-20-48(36)37-24-32-27-45-42(44-26-31-14-17-35(53-4)25-38(31)54-5)46-40(32)50(41(37)51)33-15-18-34(19-16-33)55-23-22-47(2)3/h6-19,24-25,27H,20-23,26,28H2,1-5H3,(H,44,45,46). The highest BCUT2D eigenvalue weighted by Crippen LogP contribution is 2.40. The van der Waals surface area contributed by atoms with Crippen molar-refractivity contribution in [3.8, 4) is 22.9 Å². The van der Waals surface area contributed by atoms with Crippen molar-refractivity contribution < 1.29 is 23.7 Å². The van der Waals surface area contributed by atoms with Crippen molar-refractivity contribution in [2.75, 3.05) is 69.7 Å². The summed E-state index contributed by atoms with van der Waals surface area (Å²) >= 11 is 0. The SMILES string of the molecule is COc1ccc(CNc2ncc3cc(N4CCN(C(=O)OCc5ccccc5)c5c(C)cccc54)c(=O)n(-c4ccc(OCCN(C)C)cc4)c3n2)c(OC)c1. The normalized spacial score (nSPS) is 12.4. The molecule has 0 unspecified atom stereocenters. The van der Waals surface area contributed by atoms with Gasteiger partial charge in [0.1, 0.15) is 36.1 Å². The summed E-state index contributed by atoms with van der Waals surface area (Å²) in [5, 5.41) is 3.95. The van der Waals surface area contributed by atoms with Gasteiger partial charge in [-0.2, -0.15) is 4.98 Å². The van der Waals surface area contributed by atoms with E-state index in [0.29, 0.717) is 83.2 Å². The number of anilines is 4. The fraction of sp³-hybridized carbons (Fsp3) is 0.256. The van der Waals surface area contributed by atoms with E-state index < -0.39 is 6.09 Å². The number of nitrogens with zero attached hydrogens (tertiary/aromatic N) is 6. The summed E-state index contributed by atoms with van der Waals surface area (Å²) < 4.78 is 24.3. The lowest BCUT2D eigenvalue weighted by molar-refractivity contribution is 0.147. The van der Waals surface area contributed by atoms with Gasteiger partial charge in [0.2, 0.25) is 5.95 Å². The second-order valence-electron chi connectivity index (χ2n) is 13.6. The number of carbonyl (C=O) groups excluding carboxylic acids is 1. The van der Waals surface area contributed by atoms with Crippen LogP contribution in [0.1, 0.15) is 16.7 Å². The molecule has 7 rings (SSSR count). The molecule has 56 heavy (non-hydrogen) atoms. The predicted octanol–water partition coefficient (Wildman–Crippen LogP) is 6.95. The predicted molar refractivity (Wildman–Crippen MR) is 218 cm³/mol. The van der Waals surface area contributed by atoms with Crippen LogP contribution in [0.15, 0.2) is 108 Å². The number of methoxy groups -OCH3 is 2. The number of para-hydroxylation sites is 1. The number of hydrogen-bond donors (Lipinski definition) is 1. The van der Waals surface area contributed by atoms with Crippen molar-refractivity contribution in [2.45, 2.75) is 20.1 Å². The van der Waals surface area contributed by atoms with Crippen molar-refractivity contribution >= 4 is 40.1 Å². The van der Waals surface area contributed by atoms with Gasteiger partial charge in [-0.1, -0.05) is 42.5 Å². The zero-order chi connectivity index (χ0) is 39.2. The van der Waals surface area contributed by atoms with Crippen LogP contribution in [0.2, 0.25) is 0 Å². The average molecular weight is 756 g/mol. The Hall–Kier alpha value is -6.60. The molecular formula is C43H45N7O6. The quantitative estimate of drug-likeness (QED) is 0.132. The molecule has 288 valence electrons. The molecular weight excluding hydrogens is 711 g/mol. The summed E-state index contributed by atoms with van der Waals surface area (Å²) in [6.45, 7) is 4.41. The lowest BCUT2D eigenvalue weighted by Gasteiger charge is -2.38. The summed E-state index contributed by atoms with van der Waals surface area (Å²) in [5.41, 5.74) is 5.22. The number of nitrogens with one attached hydrogen (secondary N) is 1. The van der Waals surface area contributed by atoms with Gasteiger partial charge in [-0.15, -0.1) is 0 Å². The minimum Gasteiger partial charge on any atom is -0.497 e. The number of likely N-dealkylation sites (N-methyl/N-ethyl adjacent to an activating group) is 1. The first-order valence-corrected chi connectivity index (χ1v) is 18.3. The Kier molecular flexibility index (Phi) is 11.3. The number of amides is 1. The third kappa shape index (κ3) is 8.08. The molecule has 13 heteroatoms. The van der Waals surface area contributed by atoms with Gasteiger partial charge in [0, 0.05) is 49.4 Å². The first-order chi connectivity index (χ1) is 27.2. The minimum absolute atomic E-state index is 0.153. The Balaban J connectivity index is 1.26. The van der Waals surface area contributed by atoms with Crippen LogP contribution in [-0.2, 0) is 17.9 Å². The molecule has 0 aliphatic carbocycles. The van der Waals surface area contributed by atoms with Gasteiger partial charge in [-0.3, -0.25) is 14.3 Å². The van der Waals surface area contributed by atoms with E-state index in [1.54, 1.807) is 29.9 Å². The first kappa shape index (κ1) is 37.7. The number of aryl methyl sites for hydroxylation is 1. The summed E-state index contributed by atoms with van der Waals surface area (Å²) in [6, 6.07) is 30.2. The van der Waals surface area contributed by atoms with Crippen molar-refractivity contribution in [1.82, 2.24) is 19.4 Å². The van der Waals surface area contributed by atoms with Gasteiger partial charge in [-0.25, -0.2) is 9.78 Å². The van der Waals surface area contributed by atoms with E-state index in [-0.39, 0.29) is 12.2 Å². The second kappa shape index (κ2) is 16.8.